The van der Waals surface area contributed by atoms with Crippen LogP contribution in [0, 0.1) is 13.8 Å². The SMILES string of the molecule is Cc1c(N)ccc(OC(C)C)c1C. The van der Waals surface area contributed by atoms with Crippen molar-refractivity contribution in [1.29, 1.82) is 0 Å². The lowest BCUT2D eigenvalue weighted by molar-refractivity contribution is 0.240. The molecule has 0 aliphatic heterocycles. The summed E-state index contributed by atoms with van der Waals surface area (Å²) in [7, 11) is 0. The zero-order chi connectivity index (χ0) is 10.0. The van der Waals surface area contributed by atoms with Gasteiger partial charge in [0.1, 0.15) is 5.75 Å². The van der Waals surface area contributed by atoms with E-state index >= 15 is 0 Å². The van der Waals surface area contributed by atoms with Crippen molar-refractivity contribution in [3.8, 4) is 5.75 Å². The lowest BCUT2D eigenvalue weighted by Gasteiger charge is -2.14. The van der Waals surface area contributed by atoms with Gasteiger partial charge in [0.25, 0.3) is 0 Å². The van der Waals surface area contributed by atoms with E-state index in [1.807, 2.05) is 39.8 Å². The van der Waals surface area contributed by atoms with Crippen molar-refractivity contribution in [2.45, 2.75) is 33.8 Å². The van der Waals surface area contributed by atoms with Gasteiger partial charge in [0, 0.05) is 5.69 Å². The predicted molar refractivity (Wildman–Crippen MR) is 56.1 cm³/mol. The number of hydrogen-bond donors (Lipinski definition) is 1. The highest BCUT2D eigenvalue weighted by atomic mass is 16.5. The van der Waals surface area contributed by atoms with Crippen molar-refractivity contribution in [2.75, 3.05) is 5.73 Å². The van der Waals surface area contributed by atoms with Crippen molar-refractivity contribution in [3.05, 3.63) is 23.3 Å². The Morgan fingerprint density at radius 1 is 1.15 bits per heavy atom. The van der Waals surface area contributed by atoms with Gasteiger partial charge in [-0.25, -0.2) is 0 Å². The van der Waals surface area contributed by atoms with Gasteiger partial charge >= 0.3 is 0 Å². The summed E-state index contributed by atoms with van der Waals surface area (Å²) in [5.41, 5.74) is 8.83. The van der Waals surface area contributed by atoms with Gasteiger partial charge < -0.3 is 10.5 Å². The van der Waals surface area contributed by atoms with Crippen molar-refractivity contribution in [3.63, 3.8) is 0 Å². The number of ether oxygens (including phenoxy) is 1. The molecule has 0 fully saturated rings. The number of nitrogens with two attached hydrogens (primary N) is 1. The fraction of sp³-hybridized carbons (Fsp3) is 0.455. The Kier molecular flexibility index (Phi) is 2.81. The number of rotatable bonds is 2. The van der Waals surface area contributed by atoms with E-state index in [0.29, 0.717) is 0 Å². The molecular weight excluding hydrogens is 162 g/mol. The lowest BCUT2D eigenvalue weighted by atomic mass is 10.1. The van der Waals surface area contributed by atoms with Gasteiger partial charge in [-0.3, -0.25) is 0 Å². The maximum absolute atomic E-state index is 5.76. The maximum atomic E-state index is 5.76. The molecule has 0 spiro atoms. The Bertz CT molecular complexity index is 305. The minimum absolute atomic E-state index is 0.210. The largest absolute Gasteiger partial charge is 0.491 e. The first-order chi connectivity index (χ1) is 6.02. The van der Waals surface area contributed by atoms with Crippen LogP contribution in [0.5, 0.6) is 5.75 Å². The molecule has 1 rings (SSSR count). The summed E-state index contributed by atoms with van der Waals surface area (Å²) in [6, 6.07) is 3.82. The molecule has 0 amide bonds. The van der Waals surface area contributed by atoms with Crippen LogP contribution >= 0.6 is 0 Å². The first-order valence-corrected chi connectivity index (χ1v) is 4.54. The molecule has 0 radical (unpaired) electrons. The average Bonchev–Trinajstić information content (AvgIpc) is 2.06. The van der Waals surface area contributed by atoms with Gasteiger partial charge in [-0.2, -0.15) is 0 Å². The third kappa shape index (κ3) is 2.14. The van der Waals surface area contributed by atoms with Crippen LogP contribution in [0.4, 0.5) is 5.69 Å². The summed E-state index contributed by atoms with van der Waals surface area (Å²) in [6.45, 7) is 8.08. The fourth-order valence-corrected chi connectivity index (χ4v) is 1.20. The van der Waals surface area contributed by atoms with E-state index < -0.39 is 0 Å². The smallest absolute Gasteiger partial charge is 0.123 e. The predicted octanol–water partition coefficient (Wildman–Crippen LogP) is 2.67. The van der Waals surface area contributed by atoms with Gasteiger partial charge in [-0.1, -0.05) is 0 Å². The molecule has 0 saturated heterocycles. The second-order valence-electron chi connectivity index (χ2n) is 3.57. The monoisotopic (exact) mass is 179 g/mol. The normalized spacial score (nSPS) is 10.5. The van der Waals surface area contributed by atoms with E-state index in [0.717, 1.165) is 22.6 Å². The van der Waals surface area contributed by atoms with Crippen LogP contribution in [0.25, 0.3) is 0 Å². The number of nitrogen functional groups attached to an aromatic ring is 1. The standard InChI is InChI=1S/C11H17NO/c1-7(2)13-11-6-5-10(12)8(3)9(11)4/h5-7H,12H2,1-4H3. The third-order valence-electron chi connectivity index (χ3n) is 2.14. The van der Waals surface area contributed by atoms with Crippen LogP contribution in [-0.4, -0.2) is 6.10 Å². The van der Waals surface area contributed by atoms with Crippen LogP contribution in [-0.2, 0) is 0 Å². The Labute approximate surface area is 79.7 Å². The highest BCUT2D eigenvalue weighted by Gasteiger charge is 2.05. The average molecular weight is 179 g/mol. The molecule has 0 heterocycles. The Morgan fingerprint density at radius 2 is 1.77 bits per heavy atom. The number of hydrogen-bond acceptors (Lipinski definition) is 2. The highest BCUT2D eigenvalue weighted by molar-refractivity contribution is 5.55. The Balaban J connectivity index is 3.04. The van der Waals surface area contributed by atoms with Crippen LogP contribution in [0.3, 0.4) is 0 Å². The molecule has 2 heteroatoms. The van der Waals surface area contributed by atoms with E-state index in [-0.39, 0.29) is 6.10 Å². The van der Waals surface area contributed by atoms with Crippen molar-refractivity contribution in [2.24, 2.45) is 0 Å². The van der Waals surface area contributed by atoms with Gasteiger partial charge in [-0.15, -0.1) is 0 Å². The van der Waals surface area contributed by atoms with E-state index in [9.17, 15) is 0 Å². The molecule has 0 bridgehead atoms. The first-order valence-electron chi connectivity index (χ1n) is 4.54. The molecule has 72 valence electrons. The summed E-state index contributed by atoms with van der Waals surface area (Å²) in [4.78, 5) is 0. The van der Waals surface area contributed by atoms with Gasteiger partial charge in [0.2, 0.25) is 0 Å². The molecule has 0 atom stereocenters. The molecule has 1 aromatic rings. The zero-order valence-corrected chi connectivity index (χ0v) is 8.72. The minimum atomic E-state index is 0.210. The van der Waals surface area contributed by atoms with Gasteiger partial charge in [0.05, 0.1) is 6.10 Å². The summed E-state index contributed by atoms with van der Waals surface area (Å²) in [5.74, 6) is 0.932. The van der Waals surface area contributed by atoms with Gasteiger partial charge in [-0.05, 0) is 51.0 Å². The second kappa shape index (κ2) is 3.69. The molecule has 0 aliphatic carbocycles. The molecule has 1 aromatic carbocycles. The summed E-state index contributed by atoms with van der Waals surface area (Å²) in [6.07, 6.45) is 0.210. The zero-order valence-electron chi connectivity index (χ0n) is 8.72. The molecule has 0 saturated carbocycles. The Hall–Kier alpha value is -1.18. The first kappa shape index (κ1) is 9.90. The molecule has 2 nitrogen and oxygen atoms in total. The molecular formula is C11H17NO. The number of anilines is 1. The molecule has 0 aromatic heterocycles. The van der Waals surface area contributed by atoms with Crippen LogP contribution < -0.4 is 10.5 Å². The quantitative estimate of drug-likeness (QED) is 0.708. The minimum Gasteiger partial charge on any atom is -0.491 e. The molecule has 13 heavy (non-hydrogen) atoms. The second-order valence-corrected chi connectivity index (χ2v) is 3.57. The summed E-state index contributed by atoms with van der Waals surface area (Å²) in [5, 5.41) is 0. The fourth-order valence-electron chi connectivity index (χ4n) is 1.20. The maximum Gasteiger partial charge on any atom is 0.123 e. The molecule has 0 unspecified atom stereocenters. The summed E-state index contributed by atoms with van der Waals surface area (Å²) < 4.78 is 5.63. The van der Waals surface area contributed by atoms with E-state index in [1.54, 1.807) is 0 Å². The van der Waals surface area contributed by atoms with Gasteiger partial charge in [0.15, 0.2) is 0 Å². The highest BCUT2D eigenvalue weighted by Crippen LogP contribution is 2.26. The summed E-state index contributed by atoms with van der Waals surface area (Å²) >= 11 is 0. The van der Waals surface area contributed by atoms with E-state index in [1.165, 1.54) is 0 Å². The van der Waals surface area contributed by atoms with Crippen molar-refractivity contribution < 1.29 is 4.74 Å². The van der Waals surface area contributed by atoms with Crippen LogP contribution in [0.15, 0.2) is 12.1 Å². The van der Waals surface area contributed by atoms with E-state index in [2.05, 4.69) is 0 Å². The van der Waals surface area contributed by atoms with Crippen LogP contribution in [0.2, 0.25) is 0 Å². The molecule has 2 N–H and O–H groups in total. The lowest BCUT2D eigenvalue weighted by Crippen LogP contribution is -2.07. The number of benzene rings is 1. The topological polar surface area (TPSA) is 35.2 Å². The van der Waals surface area contributed by atoms with Crippen molar-refractivity contribution in [1.82, 2.24) is 0 Å². The van der Waals surface area contributed by atoms with Crippen LogP contribution in [0.1, 0.15) is 25.0 Å². The Morgan fingerprint density at radius 3 is 2.31 bits per heavy atom. The van der Waals surface area contributed by atoms with Crippen molar-refractivity contribution >= 4 is 5.69 Å². The third-order valence-corrected chi connectivity index (χ3v) is 2.14. The molecule has 0 aliphatic rings. The van der Waals surface area contributed by atoms with E-state index in [4.69, 9.17) is 10.5 Å².